The van der Waals surface area contributed by atoms with Crippen LogP contribution in [-0.4, -0.2) is 16.1 Å². The molecule has 0 radical (unpaired) electrons. The minimum atomic E-state index is -0.130. The molecular weight excluding hydrogens is 62.9 g/mol. The molecule has 0 heterocycles. The van der Waals surface area contributed by atoms with Crippen LogP contribution < -0.4 is 0 Å². The van der Waals surface area contributed by atoms with Crippen LogP contribution in [0.25, 0.3) is 0 Å². The minimum absolute atomic E-state index is 0.130. The van der Waals surface area contributed by atoms with E-state index in [0.717, 1.165) is 0 Å². The third-order valence-corrected chi connectivity index (χ3v) is 0. The van der Waals surface area contributed by atoms with Gasteiger partial charge in [0.05, 0.1) is 0 Å². The Morgan fingerprint density at radius 3 is 1.50 bits per heavy atom. The zero-order valence-corrected chi connectivity index (χ0v) is 4.21. The van der Waals surface area contributed by atoms with Gasteiger partial charge in [0.15, 0.2) is 0 Å². The van der Waals surface area contributed by atoms with Crippen molar-refractivity contribution in [1.29, 1.82) is 0 Å². The molecular formula is C2H7BSi. The molecule has 0 atom stereocenters. The molecule has 0 rings (SSSR count). The molecule has 0 aromatic rings. The monoisotopic (exact) mass is 70.0 g/mol. The van der Waals surface area contributed by atoms with Crippen molar-refractivity contribution in [2.24, 2.45) is 0 Å². The van der Waals surface area contributed by atoms with Gasteiger partial charge in [-0.25, -0.2) is 0 Å². The van der Waals surface area contributed by atoms with Gasteiger partial charge in [-0.15, -0.1) is 0 Å². The SMILES string of the molecule is [BH+][Si-](C)C. The van der Waals surface area contributed by atoms with Crippen molar-refractivity contribution in [2.45, 2.75) is 13.1 Å². The summed E-state index contributed by atoms with van der Waals surface area (Å²) in [5, 5.41) is 0. The molecule has 0 bridgehead atoms. The van der Waals surface area contributed by atoms with Gasteiger partial charge >= 0.3 is 29.2 Å². The molecule has 0 amide bonds. The first kappa shape index (κ1) is 4.28. The summed E-state index contributed by atoms with van der Waals surface area (Å²) in [7, 11) is 3.61. The summed E-state index contributed by atoms with van der Waals surface area (Å²) in [6, 6.07) is 0. The predicted octanol–water partition coefficient (Wildman–Crippen LogP) is 0.138. The normalized spacial score (nSPS) is 8.50. The quantitative estimate of drug-likeness (QED) is 0.355. The zero-order chi connectivity index (χ0) is 3.58. The Kier molecular flexibility index (Phi) is 1.70. The fourth-order valence-electron chi connectivity index (χ4n) is 0. The van der Waals surface area contributed by atoms with Gasteiger partial charge in [-0.05, 0) is 0 Å². The third-order valence-electron chi connectivity index (χ3n) is 0. The van der Waals surface area contributed by atoms with Crippen molar-refractivity contribution >= 4 is 16.1 Å². The van der Waals surface area contributed by atoms with Crippen LogP contribution in [0.1, 0.15) is 0 Å². The third kappa shape index (κ3) is 47.2. The van der Waals surface area contributed by atoms with Gasteiger partial charge in [-0.3, -0.25) is 0 Å². The van der Waals surface area contributed by atoms with Crippen molar-refractivity contribution in [3.8, 4) is 0 Å². The first-order valence-corrected chi connectivity index (χ1v) is 4.06. The van der Waals surface area contributed by atoms with Crippen LogP contribution in [0.3, 0.4) is 0 Å². The molecule has 0 aromatic heterocycles. The average Bonchev–Trinajstić information content (AvgIpc) is 0.811. The molecule has 0 aliphatic heterocycles. The Labute approximate surface area is 30.2 Å². The second-order valence-electron chi connectivity index (χ2n) is 1.21. The van der Waals surface area contributed by atoms with Crippen LogP contribution in [-0.2, 0) is 0 Å². The van der Waals surface area contributed by atoms with Gasteiger partial charge in [0.25, 0.3) is 0 Å². The average molecular weight is 70.0 g/mol. The van der Waals surface area contributed by atoms with Crippen LogP contribution in [0.5, 0.6) is 0 Å². The molecule has 4 heavy (non-hydrogen) atoms. The van der Waals surface area contributed by atoms with Crippen LogP contribution in [0.2, 0.25) is 13.1 Å². The zero-order valence-electron chi connectivity index (χ0n) is 3.21. The fraction of sp³-hybridized carbons (Fsp3) is 1.00. The molecule has 0 saturated heterocycles. The van der Waals surface area contributed by atoms with E-state index in [-0.39, 0.29) is 8.67 Å². The number of hydrogen-bond acceptors (Lipinski definition) is 0. The fourth-order valence-corrected chi connectivity index (χ4v) is 0. The molecule has 0 aromatic carbocycles. The molecule has 2 heteroatoms. The van der Waals surface area contributed by atoms with E-state index in [1.807, 2.05) is 0 Å². The van der Waals surface area contributed by atoms with Crippen LogP contribution >= 0.6 is 0 Å². The van der Waals surface area contributed by atoms with E-state index >= 15 is 0 Å². The van der Waals surface area contributed by atoms with Gasteiger partial charge in [-0.1, -0.05) is 0 Å². The van der Waals surface area contributed by atoms with E-state index in [4.69, 9.17) is 0 Å². The van der Waals surface area contributed by atoms with E-state index in [2.05, 4.69) is 20.5 Å². The molecule has 0 nitrogen and oxygen atoms in total. The van der Waals surface area contributed by atoms with Gasteiger partial charge in [0.1, 0.15) is 0 Å². The molecule has 0 spiro atoms. The summed E-state index contributed by atoms with van der Waals surface area (Å²) in [6.07, 6.45) is 0. The second-order valence-corrected chi connectivity index (χ2v) is 3.62. The summed E-state index contributed by atoms with van der Waals surface area (Å²) in [4.78, 5) is 0. The number of rotatable bonds is 0. The summed E-state index contributed by atoms with van der Waals surface area (Å²) < 4.78 is 0. The molecule has 0 unspecified atom stereocenters. The van der Waals surface area contributed by atoms with Crippen molar-refractivity contribution in [3.05, 3.63) is 0 Å². The van der Waals surface area contributed by atoms with Gasteiger partial charge < -0.3 is 0 Å². The maximum atomic E-state index is 3.74. The van der Waals surface area contributed by atoms with Crippen molar-refractivity contribution < 1.29 is 0 Å². The molecule has 0 saturated carbocycles. The standard InChI is InChI=1S/C2H7BSi/c1-4(2)3/h3H,1-2H3. The summed E-state index contributed by atoms with van der Waals surface area (Å²) in [5.41, 5.74) is 0. The maximum absolute atomic E-state index is 3.74. The molecule has 0 aliphatic rings. The van der Waals surface area contributed by atoms with E-state index in [1.54, 1.807) is 0 Å². The van der Waals surface area contributed by atoms with Gasteiger partial charge in [0.2, 0.25) is 0 Å². The van der Waals surface area contributed by atoms with Gasteiger partial charge in [-0.2, -0.15) is 0 Å². The van der Waals surface area contributed by atoms with Crippen molar-refractivity contribution in [1.82, 2.24) is 0 Å². The van der Waals surface area contributed by atoms with Crippen LogP contribution in [0, 0.1) is 0 Å². The summed E-state index contributed by atoms with van der Waals surface area (Å²) in [5.74, 6) is 0. The topological polar surface area (TPSA) is 0 Å². The van der Waals surface area contributed by atoms with Crippen LogP contribution in [0.4, 0.5) is 0 Å². The molecule has 0 fully saturated rings. The molecule has 0 N–H and O–H groups in total. The summed E-state index contributed by atoms with van der Waals surface area (Å²) in [6.45, 7) is 4.31. The first-order chi connectivity index (χ1) is 1.73. The molecule has 0 aliphatic carbocycles. The van der Waals surface area contributed by atoms with Crippen molar-refractivity contribution in [3.63, 3.8) is 0 Å². The van der Waals surface area contributed by atoms with E-state index in [1.165, 1.54) is 0 Å². The van der Waals surface area contributed by atoms with E-state index in [0.29, 0.717) is 0 Å². The van der Waals surface area contributed by atoms with Gasteiger partial charge in [0, 0.05) is 0 Å². The number of hydrogen-bond donors (Lipinski definition) is 0. The van der Waals surface area contributed by atoms with E-state index in [9.17, 15) is 0 Å². The Morgan fingerprint density at radius 1 is 1.50 bits per heavy atom. The Bertz CT molecular complexity index is 10.8. The van der Waals surface area contributed by atoms with Crippen molar-refractivity contribution in [2.75, 3.05) is 0 Å². The first-order valence-electron chi connectivity index (χ1n) is 1.35. The second kappa shape index (κ2) is 1.59. The predicted molar refractivity (Wildman–Crippen MR) is 24.6 cm³/mol. The molecule has 22 valence electrons. The van der Waals surface area contributed by atoms with E-state index < -0.39 is 0 Å². The van der Waals surface area contributed by atoms with Crippen LogP contribution in [0.15, 0.2) is 0 Å². The Morgan fingerprint density at radius 2 is 1.50 bits per heavy atom. The Hall–Kier alpha value is 0.282. The summed E-state index contributed by atoms with van der Waals surface area (Å²) >= 11 is 0. The Balaban J connectivity index is 2.32.